The SMILES string of the molecule is Cc1cnn([C@H](C)[C@@H](C)NCCCc2nc(-c3cccs3)no2)c1. The van der Waals surface area contributed by atoms with Gasteiger partial charge in [-0.05, 0) is 50.7 Å². The second-order valence-electron chi connectivity index (χ2n) is 6.07. The van der Waals surface area contributed by atoms with E-state index in [0.717, 1.165) is 24.3 Å². The van der Waals surface area contributed by atoms with Gasteiger partial charge < -0.3 is 9.84 Å². The molecule has 7 heteroatoms. The topological polar surface area (TPSA) is 68.8 Å². The van der Waals surface area contributed by atoms with Crippen LogP contribution in [0.2, 0.25) is 0 Å². The minimum atomic E-state index is 0.313. The Labute approximate surface area is 145 Å². The Hall–Kier alpha value is -1.99. The van der Waals surface area contributed by atoms with Crippen LogP contribution < -0.4 is 5.32 Å². The van der Waals surface area contributed by atoms with E-state index in [2.05, 4.69) is 47.5 Å². The van der Waals surface area contributed by atoms with Crippen molar-refractivity contribution in [2.75, 3.05) is 6.54 Å². The number of nitrogens with zero attached hydrogens (tertiary/aromatic N) is 4. The summed E-state index contributed by atoms with van der Waals surface area (Å²) in [7, 11) is 0. The van der Waals surface area contributed by atoms with Gasteiger partial charge in [0.25, 0.3) is 0 Å². The maximum absolute atomic E-state index is 5.32. The van der Waals surface area contributed by atoms with Crippen LogP contribution in [0, 0.1) is 6.92 Å². The molecule has 0 radical (unpaired) electrons. The highest BCUT2D eigenvalue weighted by atomic mass is 32.1. The molecule has 0 bridgehead atoms. The van der Waals surface area contributed by atoms with Gasteiger partial charge in [0.1, 0.15) is 0 Å². The lowest BCUT2D eigenvalue weighted by Gasteiger charge is -2.21. The summed E-state index contributed by atoms with van der Waals surface area (Å²) in [6, 6.07) is 4.64. The molecule has 0 saturated carbocycles. The van der Waals surface area contributed by atoms with Crippen LogP contribution in [0.4, 0.5) is 0 Å². The summed E-state index contributed by atoms with van der Waals surface area (Å²) >= 11 is 1.62. The van der Waals surface area contributed by atoms with Crippen molar-refractivity contribution in [1.82, 2.24) is 25.2 Å². The zero-order valence-electron chi connectivity index (χ0n) is 14.3. The fourth-order valence-corrected chi connectivity index (χ4v) is 3.14. The van der Waals surface area contributed by atoms with Crippen LogP contribution in [0.1, 0.15) is 37.8 Å². The lowest BCUT2D eigenvalue weighted by molar-refractivity contribution is 0.353. The van der Waals surface area contributed by atoms with Crippen molar-refractivity contribution < 1.29 is 4.52 Å². The lowest BCUT2D eigenvalue weighted by atomic mass is 10.1. The number of aromatic nitrogens is 4. The van der Waals surface area contributed by atoms with E-state index in [4.69, 9.17) is 4.52 Å². The van der Waals surface area contributed by atoms with Crippen molar-refractivity contribution in [3.63, 3.8) is 0 Å². The summed E-state index contributed by atoms with van der Waals surface area (Å²) < 4.78 is 7.33. The largest absolute Gasteiger partial charge is 0.339 e. The Bertz CT molecular complexity index is 749. The van der Waals surface area contributed by atoms with Crippen LogP contribution in [-0.4, -0.2) is 32.5 Å². The summed E-state index contributed by atoms with van der Waals surface area (Å²) in [5.41, 5.74) is 1.19. The average molecular weight is 345 g/mol. The number of rotatable bonds is 8. The highest BCUT2D eigenvalue weighted by molar-refractivity contribution is 7.13. The molecule has 1 N–H and O–H groups in total. The van der Waals surface area contributed by atoms with Crippen LogP contribution in [0.3, 0.4) is 0 Å². The predicted molar refractivity (Wildman–Crippen MR) is 95.1 cm³/mol. The van der Waals surface area contributed by atoms with Gasteiger partial charge in [-0.1, -0.05) is 11.2 Å². The van der Waals surface area contributed by atoms with E-state index in [9.17, 15) is 0 Å². The molecule has 0 spiro atoms. The molecule has 2 atom stereocenters. The third kappa shape index (κ3) is 4.10. The van der Waals surface area contributed by atoms with Crippen molar-refractivity contribution in [2.24, 2.45) is 0 Å². The zero-order valence-corrected chi connectivity index (χ0v) is 15.1. The van der Waals surface area contributed by atoms with Gasteiger partial charge in [-0.15, -0.1) is 11.3 Å². The summed E-state index contributed by atoms with van der Waals surface area (Å²) in [5, 5.41) is 14.0. The molecule has 0 aliphatic carbocycles. The minimum absolute atomic E-state index is 0.313. The molecule has 6 nitrogen and oxygen atoms in total. The third-order valence-electron chi connectivity index (χ3n) is 4.11. The lowest BCUT2D eigenvalue weighted by Crippen LogP contribution is -2.34. The number of aryl methyl sites for hydroxylation is 2. The average Bonchev–Trinajstić information content (AvgIpc) is 3.31. The molecule has 0 fully saturated rings. The van der Waals surface area contributed by atoms with E-state index in [0.29, 0.717) is 23.8 Å². The standard InChI is InChI=1S/C17H23N5OS/c1-12-10-19-22(11-12)14(3)13(2)18-8-4-7-16-20-17(21-23-16)15-6-5-9-24-15/h5-6,9-11,13-14,18H,4,7-8H2,1-3H3/t13-,14-/m1/s1. The second kappa shape index (κ2) is 7.72. The Morgan fingerprint density at radius 3 is 2.96 bits per heavy atom. The van der Waals surface area contributed by atoms with E-state index in [-0.39, 0.29) is 0 Å². The monoisotopic (exact) mass is 345 g/mol. The fourth-order valence-electron chi connectivity index (χ4n) is 2.49. The van der Waals surface area contributed by atoms with E-state index >= 15 is 0 Å². The van der Waals surface area contributed by atoms with Gasteiger partial charge in [-0.3, -0.25) is 4.68 Å². The Kier molecular flexibility index (Phi) is 5.42. The highest BCUT2D eigenvalue weighted by Gasteiger charge is 2.14. The van der Waals surface area contributed by atoms with Crippen molar-refractivity contribution in [1.29, 1.82) is 0 Å². The van der Waals surface area contributed by atoms with Gasteiger partial charge in [-0.2, -0.15) is 10.1 Å². The molecular weight excluding hydrogens is 322 g/mol. The summed E-state index contributed by atoms with van der Waals surface area (Å²) in [6.45, 7) is 7.32. The molecule has 0 saturated heterocycles. The number of thiophene rings is 1. The van der Waals surface area contributed by atoms with Crippen molar-refractivity contribution >= 4 is 11.3 Å². The minimum Gasteiger partial charge on any atom is -0.339 e. The molecule has 0 aromatic carbocycles. The Balaban J connectivity index is 1.42. The van der Waals surface area contributed by atoms with Crippen molar-refractivity contribution in [3.8, 4) is 10.7 Å². The van der Waals surface area contributed by atoms with Gasteiger partial charge in [0.05, 0.1) is 17.1 Å². The molecule has 0 aliphatic rings. The number of hydrogen-bond donors (Lipinski definition) is 1. The molecule has 3 rings (SSSR count). The predicted octanol–water partition coefficient (Wildman–Crippen LogP) is 3.47. The number of nitrogens with one attached hydrogen (secondary N) is 1. The molecular formula is C17H23N5OS. The summed E-state index contributed by atoms with van der Waals surface area (Å²) in [6.07, 6.45) is 5.71. The molecule has 128 valence electrons. The molecule has 3 aromatic rings. The summed E-state index contributed by atoms with van der Waals surface area (Å²) in [4.78, 5) is 5.49. The van der Waals surface area contributed by atoms with Gasteiger partial charge in [0.15, 0.2) is 0 Å². The van der Waals surface area contributed by atoms with Crippen LogP contribution in [0.15, 0.2) is 34.4 Å². The highest BCUT2D eigenvalue weighted by Crippen LogP contribution is 2.21. The molecule has 0 amide bonds. The van der Waals surface area contributed by atoms with Crippen molar-refractivity contribution in [3.05, 3.63) is 41.4 Å². The second-order valence-corrected chi connectivity index (χ2v) is 7.02. The van der Waals surface area contributed by atoms with Crippen LogP contribution in [0.5, 0.6) is 0 Å². The van der Waals surface area contributed by atoms with Crippen LogP contribution in [-0.2, 0) is 6.42 Å². The molecule has 0 aliphatic heterocycles. The Morgan fingerprint density at radius 1 is 1.38 bits per heavy atom. The first-order chi connectivity index (χ1) is 11.6. The normalized spacial score (nSPS) is 14.0. The van der Waals surface area contributed by atoms with E-state index in [1.807, 2.05) is 28.4 Å². The fraction of sp³-hybridized carbons (Fsp3) is 0.471. The molecule has 3 aromatic heterocycles. The van der Waals surface area contributed by atoms with Gasteiger partial charge in [0, 0.05) is 18.7 Å². The van der Waals surface area contributed by atoms with E-state index in [1.165, 1.54) is 5.56 Å². The Morgan fingerprint density at radius 2 is 2.25 bits per heavy atom. The molecule has 3 heterocycles. The van der Waals surface area contributed by atoms with Crippen LogP contribution in [0.25, 0.3) is 10.7 Å². The smallest absolute Gasteiger partial charge is 0.227 e. The number of hydrogen-bond acceptors (Lipinski definition) is 6. The quantitative estimate of drug-likeness (QED) is 0.633. The van der Waals surface area contributed by atoms with E-state index < -0.39 is 0 Å². The van der Waals surface area contributed by atoms with E-state index in [1.54, 1.807) is 11.3 Å². The first kappa shape index (κ1) is 16.9. The maximum Gasteiger partial charge on any atom is 0.227 e. The van der Waals surface area contributed by atoms with Crippen LogP contribution >= 0.6 is 11.3 Å². The van der Waals surface area contributed by atoms with Gasteiger partial charge in [-0.25, -0.2) is 0 Å². The van der Waals surface area contributed by atoms with Gasteiger partial charge in [0.2, 0.25) is 11.7 Å². The third-order valence-corrected chi connectivity index (χ3v) is 4.98. The van der Waals surface area contributed by atoms with Crippen molar-refractivity contribution in [2.45, 2.75) is 45.7 Å². The molecule has 0 unspecified atom stereocenters. The van der Waals surface area contributed by atoms with Gasteiger partial charge >= 0.3 is 0 Å². The summed E-state index contributed by atoms with van der Waals surface area (Å²) in [5.74, 6) is 1.38. The zero-order chi connectivity index (χ0) is 16.9. The first-order valence-electron chi connectivity index (χ1n) is 8.24. The maximum atomic E-state index is 5.32. The molecule has 24 heavy (non-hydrogen) atoms. The first-order valence-corrected chi connectivity index (χ1v) is 9.12.